The van der Waals surface area contributed by atoms with Gasteiger partial charge < -0.3 is 9.64 Å². The van der Waals surface area contributed by atoms with E-state index >= 15 is 0 Å². The number of cyclic esters (lactones) is 1. The monoisotopic (exact) mass is 408 g/mol. The molecule has 0 radical (unpaired) electrons. The van der Waals surface area contributed by atoms with E-state index < -0.39 is 29.6 Å². The summed E-state index contributed by atoms with van der Waals surface area (Å²) >= 11 is 0. The van der Waals surface area contributed by atoms with Crippen LogP contribution in [0.4, 0.5) is 28.0 Å². The first-order valence-electron chi connectivity index (χ1n) is 8.95. The number of halogens is 4. The lowest BCUT2D eigenvalue weighted by Crippen LogP contribution is -2.42. The molecule has 152 valence electrons. The van der Waals surface area contributed by atoms with Gasteiger partial charge in [-0.25, -0.2) is 9.18 Å². The number of nitrogens with zero attached hydrogens (tertiary/aromatic N) is 2. The van der Waals surface area contributed by atoms with E-state index in [1.165, 1.54) is 28.0 Å². The lowest BCUT2D eigenvalue weighted by atomic mass is 10.0. The first kappa shape index (κ1) is 19.2. The van der Waals surface area contributed by atoms with Crippen molar-refractivity contribution in [3.8, 4) is 0 Å². The summed E-state index contributed by atoms with van der Waals surface area (Å²) in [5, 5.41) is 0. The number of rotatable bonds is 1. The highest BCUT2D eigenvalue weighted by molar-refractivity contribution is 5.95. The first-order chi connectivity index (χ1) is 13.7. The summed E-state index contributed by atoms with van der Waals surface area (Å²) in [6, 6.07) is 7.61. The first-order valence-corrected chi connectivity index (χ1v) is 8.95. The molecular formula is C20H16F4N2O3. The third kappa shape index (κ3) is 3.64. The number of amides is 2. The Kier molecular flexibility index (Phi) is 4.68. The molecule has 2 aliphatic rings. The number of ether oxygens (including phenoxy) is 1. The Morgan fingerprint density at radius 3 is 2.52 bits per heavy atom. The van der Waals surface area contributed by atoms with E-state index in [0.29, 0.717) is 17.7 Å². The molecular weight excluding hydrogens is 392 g/mol. The predicted octanol–water partition coefficient (Wildman–Crippen LogP) is 4.22. The maximum atomic E-state index is 13.8. The summed E-state index contributed by atoms with van der Waals surface area (Å²) in [5.74, 6) is -0.962. The molecule has 2 amide bonds. The number of fused-ring (bicyclic) bond motifs is 3. The molecule has 0 bridgehead atoms. The van der Waals surface area contributed by atoms with Gasteiger partial charge in [-0.1, -0.05) is 6.07 Å². The number of anilines is 1. The maximum absolute atomic E-state index is 13.8. The average molecular weight is 408 g/mol. The SMILES string of the molecule is O=C(c1ccc(C(F)(F)F)cc1)N1CC[C@H]2COC(=O)N2c2cc(F)ccc2C1. The highest BCUT2D eigenvalue weighted by Crippen LogP contribution is 2.33. The second-order valence-electron chi connectivity index (χ2n) is 6.96. The molecule has 1 atom stereocenters. The van der Waals surface area contributed by atoms with Crippen molar-refractivity contribution in [3.05, 3.63) is 65.0 Å². The Balaban J connectivity index is 1.65. The van der Waals surface area contributed by atoms with E-state index in [4.69, 9.17) is 4.74 Å². The van der Waals surface area contributed by atoms with Crippen LogP contribution in [0.15, 0.2) is 42.5 Å². The summed E-state index contributed by atoms with van der Waals surface area (Å²) in [7, 11) is 0. The summed E-state index contributed by atoms with van der Waals surface area (Å²) in [4.78, 5) is 27.9. The van der Waals surface area contributed by atoms with Gasteiger partial charge in [0.2, 0.25) is 0 Å². The molecule has 4 rings (SSSR count). The van der Waals surface area contributed by atoms with Crippen molar-refractivity contribution in [2.24, 2.45) is 0 Å². The second-order valence-corrected chi connectivity index (χ2v) is 6.96. The fourth-order valence-electron chi connectivity index (χ4n) is 3.61. The number of hydrogen-bond acceptors (Lipinski definition) is 3. The summed E-state index contributed by atoms with van der Waals surface area (Å²) < 4.78 is 57.2. The van der Waals surface area contributed by atoms with Crippen LogP contribution in [0.1, 0.15) is 27.9 Å². The summed E-state index contributed by atoms with van der Waals surface area (Å²) in [5.41, 5.74) is 0.176. The van der Waals surface area contributed by atoms with Crippen LogP contribution in [-0.2, 0) is 17.5 Å². The highest BCUT2D eigenvalue weighted by atomic mass is 19.4. The Morgan fingerprint density at radius 1 is 1.10 bits per heavy atom. The minimum atomic E-state index is -4.48. The zero-order valence-electron chi connectivity index (χ0n) is 15.1. The zero-order chi connectivity index (χ0) is 20.8. The van der Waals surface area contributed by atoms with E-state index in [1.807, 2.05) is 0 Å². The number of carbonyl (C=O) groups excluding carboxylic acids is 2. The van der Waals surface area contributed by atoms with E-state index in [2.05, 4.69) is 0 Å². The maximum Gasteiger partial charge on any atom is 0.416 e. The van der Waals surface area contributed by atoms with Crippen molar-refractivity contribution in [2.45, 2.75) is 25.2 Å². The lowest BCUT2D eigenvalue weighted by molar-refractivity contribution is -0.137. The van der Waals surface area contributed by atoms with E-state index in [-0.39, 0.29) is 31.3 Å². The van der Waals surface area contributed by atoms with E-state index in [9.17, 15) is 27.2 Å². The number of benzene rings is 2. The van der Waals surface area contributed by atoms with Crippen LogP contribution in [0.3, 0.4) is 0 Å². The van der Waals surface area contributed by atoms with Gasteiger partial charge in [0.25, 0.3) is 5.91 Å². The van der Waals surface area contributed by atoms with Gasteiger partial charge in [-0.15, -0.1) is 0 Å². The molecule has 0 unspecified atom stereocenters. The predicted molar refractivity (Wildman–Crippen MR) is 94.8 cm³/mol. The standard InChI is InChI=1S/C20H16F4N2O3/c21-15-6-3-13-10-25(8-7-16-11-29-19(28)26(16)17(13)9-15)18(27)12-1-4-14(5-2-12)20(22,23)24/h1-6,9,16H,7-8,10-11H2/t16-/m0/s1. The molecule has 0 aromatic heterocycles. The molecule has 0 saturated carbocycles. The van der Waals surface area contributed by atoms with Crippen molar-refractivity contribution in [3.63, 3.8) is 0 Å². The summed E-state index contributed by atoms with van der Waals surface area (Å²) in [6.45, 7) is 0.484. The van der Waals surface area contributed by atoms with Gasteiger partial charge in [0, 0.05) is 18.7 Å². The Hall–Kier alpha value is -3.10. The molecule has 2 aromatic rings. The largest absolute Gasteiger partial charge is 0.447 e. The van der Waals surface area contributed by atoms with Crippen LogP contribution >= 0.6 is 0 Å². The molecule has 2 aliphatic heterocycles. The topological polar surface area (TPSA) is 49.9 Å². The molecule has 0 aliphatic carbocycles. The van der Waals surface area contributed by atoms with E-state index in [1.54, 1.807) is 0 Å². The number of carbonyl (C=O) groups is 2. The number of hydrogen-bond donors (Lipinski definition) is 0. The molecule has 5 nitrogen and oxygen atoms in total. The molecule has 1 fully saturated rings. The Bertz CT molecular complexity index is 959. The zero-order valence-corrected chi connectivity index (χ0v) is 15.1. The van der Waals surface area contributed by atoms with E-state index in [0.717, 1.165) is 24.3 Å². The minimum absolute atomic E-state index is 0.0893. The fourth-order valence-corrected chi connectivity index (χ4v) is 3.61. The molecule has 9 heteroatoms. The van der Waals surface area contributed by atoms with Crippen molar-refractivity contribution in [1.82, 2.24) is 4.90 Å². The van der Waals surface area contributed by atoms with Gasteiger partial charge in [-0.3, -0.25) is 9.69 Å². The average Bonchev–Trinajstić information content (AvgIpc) is 3.03. The smallest absolute Gasteiger partial charge is 0.416 e. The molecule has 1 saturated heterocycles. The third-order valence-corrected chi connectivity index (χ3v) is 5.11. The Morgan fingerprint density at radius 2 is 1.83 bits per heavy atom. The van der Waals surface area contributed by atoms with Gasteiger partial charge in [0.1, 0.15) is 12.4 Å². The van der Waals surface area contributed by atoms with Crippen molar-refractivity contribution in [2.75, 3.05) is 18.1 Å². The molecule has 0 spiro atoms. The van der Waals surface area contributed by atoms with Gasteiger partial charge in [0.05, 0.1) is 17.3 Å². The fraction of sp³-hybridized carbons (Fsp3) is 0.300. The molecule has 2 aromatic carbocycles. The van der Waals surface area contributed by atoms with Crippen molar-refractivity contribution >= 4 is 17.7 Å². The Labute approximate surface area is 163 Å². The van der Waals surface area contributed by atoms with Crippen LogP contribution in [0.25, 0.3) is 0 Å². The van der Waals surface area contributed by atoms with Crippen LogP contribution in [0.5, 0.6) is 0 Å². The van der Waals surface area contributed by atoms with Crippen LogP contribution in [0, 0.1) is 5.82 Å². The normalized spacial score (nSPS) is 19.2. The van der Waals surface area contributed by atoms with Gasteiger partial charge in [-0.2, -0.15) is 13.2 Å². The molecule has 29 heavy (non-hydrogen) atoms. The second kappa shape index (κ2) is 7.06. The van der Waals surface area contributed by atoms with Crippen LogP contribution in [0.2, 0.25) is 0 Å². The lowest BCUT2D eigenvalue weighted by Gasteiger charge is -2.32. The van der Waals surface area contributed by atoms with Crippen LogP contribution < -0.4 is 4.90 Å². The minimum Gasteiger partial charge on any atom is -0.447 e. The highest BCUT2D eigenvalue weighted by Gasteiger charge is 2.38. The molecule has 2 heterocycles. The quantitative estimate of drug-likeness (QED) is 0.664. The third-order valence-electron chi connectivity index (χ3n) is 5.11. The van der Waals surface area contributed by atoms with Gasteiger partial charge in [-0.05, 0) is 48.4 Å². The van der Waals surface area contributed by atoms with Gasteiger partial charge >= 0.3 is 12.3 Å². The summed E-state index contributed by atoms with van der Waals surface area (Å²) in [6.07, 6.45) is -4.65. The number of alkyl halides is 3. The van der Waals surface area contributed by atoms with Crippen molar-refractivity contribution < 1.29 is 31.9 Å². The van der Waals surface area contributed by atoms with Crippen molar-refractivity contribution in [1.29, 1.82) is 0 Å². The van der Waals surface area contributed by atoms with Gasteiger partial charge in [0.15, 0.2) is 0 Å². The molecule has 0 N–H and O–H groups in total. The van der Waals surface area contributed by atoms with Crippen LogP contribution in [-0.4, -0.2) is 36.1 Å².